The highest BCUT2D eigenvalue weighted by Gasteiger charge is 2.33. The Balaban J connectivity index is 0.934. The van der Waals surface area contributed by atoms with Gasteiger partial charge in [-0.3, -0.25) is 4.90 Å². The molecule has 7 aromatic rings. The zero-order chi connectivity index (χ0) is 40.6. The highest BCUT2D eigenvalue weighted by atomic mass is 16.7. The molecular weight excluding hydrogens is 735 g/mol. The Hall–Kier alpha value is -6.29. The fraction of sp³-hybridized carbons (Fsp3) is 0.196. The number of carbonyl (C=O) groups excluding carboxylic acids is 1. The van der Waals surface area contributed by atoms with Crippen molar-refractivity contribution < 1.29 is 24.1 Å². The summed E-state index contributed by atoms with van der Waals surface area (Å²) in [6.45, 7) is 3.30. The first-order valence-corrected chi connectivity index (χ1v) is 20.1. The predicted molar refractivity (Wildman–Crippen MR) is 234 cm³/mol. The second kappa shape index (κ2) is 18.5. The molecular formula is C51H49N3O5. The van der Waals surface area contributed by atoms with Gasteiger partial charge >= 0.3 is 6.03 Å². The van der Waals surface area contributed by atoms with Gasteiger partial charge in [-0.1, -0.05) is 127 Å². The lowest BCUT2D eigenvalue weighted by atomic mass is 9.97. The third-order valence-electron chi connectivity index (χ3n) is 11.1. The highest BCUT2D eigenvalue weighted by molar-refractivity contribution is 5.89. The highest BCUT2D eigenvalue weighted by Crippen LogP contribution is 2.39. The van der Waals surface area contributed by atoms with E-state index < -0.39 is 6.29 Å². The number of aliphatic hydroxyl groups excluding tert-OH is 1. The van der Waals surface area contributed by atoms with Crippen LogP contribution < -0.4 is 15.4 Å². The molecule has 1 aliphatic rings. The first kappa shape index (κ1) is 39.5. The number of likely N-dealkylation sites (N-methyl/N-ethyl adjacent to an activating group) is 1. The number of para-hydroxylation sites is 1. The SMILES string of the molecule is C[C@H](c1ccc2ccccc2c1)N(C)C[C@H]1C[C@@H](c2ccc(CO)cc2)O[C@@H](c2ccc(-c3ccccc3CNC(=O)Nc3ccc(Oc4ccccc4)cc3)cc2)O1. The minimum Gasteiger partial charge on any atom is -0.457 e. The molecule has 8 nitrogen and oxygen atoms in total. The number of ether oxygens (including phenoxy) is 3. The first-order chi connectivity index (χ1) is 28.9. The fourth-order valence-corrected chi connectivity index (χ4v) is 7.59. The summed E-state index contributed by atoms with van der Waals surface area (Å²) in [5.41, 5.74) is 7.81. The number of carbonyl (C=O) groups is 1. The number of benzene rings is 7. The fourth-order valence-electron chi connectivity index (χ4n) is 7.59. The molecule has 0 radical (unpaired) electrons. The van der Waals surface area contributed by atoms with Crippen LogP contribution in [-0.2, 0) is 22.6 Å². The van der Waals surface area contributed by atoms with Crippen LogP contribution in [0.2, 0.25) is 0 Å². The second-order valence-electron chi connectivity index (χ2n) is 15.1. The number of hydrogen-bond acceptors (Lipinski definition) is 6. The van der Waals surface area contributed by atoms with Crippen molar-refractivity contribution in [1.29, 1.82) is 0 Å². The molecule has 1 aliphatic heterocycles. The van der Waals surface area contributed by atoms with Crippen LogP contribution in [0.4, 0.5) is 10.5 Å². The third-order valence-corrected chi connectivity index (χ3v) is 11.1. The molecule has 8 heteroatoms. The lowest BCUT2D eigenvalue weighted by Gasteiger charge is -2.39. The smallest absolute Gasteiger partial charge is 0.319 e. The molecule has 0 bridgehead atoms. The van der Waals surface area contributed by atoms with Gasteiger partial charge in [-0.2, -0.15) is 0 Å². The number of rotatable bonds is 13. The Bertz CT molecular complexity index is 2460. The van der Waals surface area contributed by atoms with Crippen molar-refractivity contribution in [3.63, 3.8) is 0 Å². The van der Waals surface area contributed by atoms with Gasteiger partial charge in [-0.05, 0) is 101 Å². The molecule has 298 valence electrons. The van der Waals surface area contributed by atoms with Crippen molar-refractivity contribution in [1.82, 2.24) is 10.2 Å². The second-order valence-corrected chi connectivity index (χ2v) is 15.1. The van der Waals surface area contributed by atoms with Gasteiger partial charge in [0.25, 0.3) is 0 Å². The summed E-state index contributed by atoms with van der Waals surface area (Å²) in [6, 6.07) is 56.3. The van der Waals surface area contributed by atoms with Crippen LogP contribution in [0.3, 0.4) is 0 Å². The normalized spacial score (nSPS) is 17.1. The van der Waals surface area contributed by atoms with Gasteiger partial charge in [-0.15, -0.1) is 0 Å². The number of aliphatic hydroxyl groups is 1. The summed E-state index contributed by atoms with van der Waals surface area (Å²) < 4.78 is 19.3. The Labute approximate surface area is 346 Å². The lowest BCUT2D eigenvalue weighted by molar-refractivity contribution is -0.253. The molecule has 0 spiro atoms. The van der Waals surface area contributed by atoms with Crippen LogP contribution >= 0.6 is 0 Å². The van der Waals surface area contributed by atoms with Gasteiger partial charge in [0, 0.05) is 36.8 Å². The molecule has 1 saturated heterocycles. The number of urea groups is 1. The summed E-state index contributed by atoms with van der Waals surface area (Å²) in [7, 11) is 2.16. The van der Waals surface area contributed by atoms with E-state index in [0.29, 0.717) is 24.4 Å². The number of fused-ring (bicyclic) bond motifs is 1. The summed E-state index contributed by atoms with van der Waals surface area (Å²) >= 11 is 0. The maximum Gasteiger partial charge on any atom is 0.319 e. The first-order valence-electron chi connectivity index (χ1n) is 20.1. The van der Waals surface area contributed by atoms with Crippen LogP contribution in [0.15, 0.2) is 170 Å². The average molecular weight is 784 g/mol. The van der Waals surface area contributed by atoms with E-state index in [4.69, 9.17) is 14.2 Å². The standard InChI is InChI=1S/C51H49N3O5/c1-35(41-25-20-37-10-6-7-11-42(37)30-41)54(2)33-47-31-49(39-18-16-36(34-55)17-19-39)59-50(58-47)40-23-21-38(22-24-40)48-15-9-8-12-43(48)32-52-51(56)53-44-26-28-46(29-27-44)57-45-13-4-3-5-14-45/h3-30,35,47,49-50,55H,31-34H2,1-2H3,(H2,52,53,56)/t35-,47-,49+,50+/m1/s1. The van der Waals surface area contributed by atoms with Crippen molar-refractivity contribution in [2.45, 2.75) is 51.0 Å². The number of nitrogens with zero attached hydrogens (tertiary/aromatic N) is 1. The summed E-state index contributed by atoms with van der Waals surface area (Å²) in [4.78, 5) is 15.3. The van der Waals surface area contributed by atoms with E-state index in [2.05, 4.69) is 102 Å². The topological polar surface area (TPSA) is 92.3 Å². The maximum absolute atomic E-state index is 12.9. The van der Waals surface area contributed by atoms with E-state index in [1.165, 1.54) is 16.3 Å². The lowest BCUT2D eigenvalue weighted by Crippen LogP contribution is -2.38. The zero-order valence-corrected chi connectivity index (χ0v) is 33.3. The Kier molecular flexibility index (Phi) is 12.4. The van der Waals surface area contributed by atoms with Crippen molar-refractivity contribution in [3.05, 3.63) is 198 Å². The Morgan fingerprint density at radius 1 is 0.746 bits per heavy atom. The molecule has 2 amide bonds. The van der Waals surface area contributed by atoms with E-state index in [1.807, 2.05) is 97.1 Å². The molecule has 0 saturated carbocycles. The van der Waals surface area contributed by atoms with Gasteiger partial charge in [0.1, 0.15) is 11.5 Å². The van der Waals surface area contributed by atoms with Crippen LogP contribution in [0.1, 0.15) is 59.6 Å². The molecule has 0 aliphatic carbocycles. The van der Waals surface area contributed by atoms with E-state index in [0.717, 1.165) is 45.7 Å². The zero-order valence-electron chi connectivity index (χ0n) is 33.3. The van der Waals surface area contributed by atoms with Crippen molar-refractivity contribution in [3.8, 4) is 22.6 Å². The molecule has 1 fully saturated rings. The molecule has 1 heterocycles. The molecule has 3 N–H and O–H groups in total. The third kappa shape index (κ3) is 9.88. The number of anilines is 1. The van der Waals surface area contributed by atoms with Crippen molar-refractivity contribution >= 4 is 22.5 Å². The number of hydrogen-bond donors (Lipinski definition) is 3. The van der Waals surface area contributed by atoms with Gasteiger partial charge in [0.2, 0.25) is 0 Å². The van der Waals surface area contributed by atoms with E-state index in [-0.39, 0.29) is 30.9 Å². The molecule has 0 aromatic heterocycles. The van der Waals surface area contributed by atoms with E-state index in [1.54, 1.807) is 0 Å². The van der Waals surface area contributed by atoms with E-state index in [9.17, 15) is 9.90 Å². The van der Waals surface area contributed by atoms with Gasteiger partial charge in [-0.25, -0.2) is 4.79 Å². The summed E-state index contributed by atoms with van der Waals surface area (Å²) in [5.74, 6) is 1.44. The van der Waals surface area contributed by atoms with Crippen molar-refractivity contribution in [2.75, 3.05) is 18.9 Å². The molecule has 4 atom stereocenters. The maximum atomic E-state index is 12.9. The summed E-state index contributed by atoms with van der Waals surface area (Å²) in [6.07, 6.45) is -0.158. The van der Waals surface area contributed by atoms with Crippen molar-refractivity contribution in [2.24, 2.45) is 0 Å². The van der Waals surface area contributed by atoms with Crippen LogP contribution in [0, 0.1) is 0 Å². The predicted octanol–water partition coefficient (Wildman–Crippen LogP) is 11.4. The van der Waals surface area contributed by atoms with E-state index >= 15 is 0 Å². The van der Waals surface area contributed by atoms with Crippen LogP contribution in [-0.4, -0.2) is 35.7 Å². The largest absolute Gasteiger partial charge is 0.457 e. The molecule has 0 unspecified atom stereocenters. The number of amides is 2. The Morgan fingerprint density at radius 3 is 2.19 bits per heavy atom. The Morgan fingerprint density at radius 2 is 1.42 bits per heavy atom. The molecule has 8 rings (SSSR count). The quantitative estimate of drug-likeness (QED) is 0.108. The van der Waals surface area contributed by atoms with Gasteiger partial charge in [0.15, 0.2) is 6.29 Å². The van der Waals surface area contributed by atoms with Crippen LogP contribution in [0.5, 0.6) is 11.5 Å². The molecule has 59 heavy (non-hydrogen) atoms. The van der Waals surface area contributed by atoms with Gasteiger partial charge in [0.05, 0.1) is 18.8 Å². The average Bonchev–Trinajstić information content (AvgIpc) is 3.29. The van der Waals surface area contributed by atoms with Gasteiger partial charge < -0.3 is 30.0 Å². The summed E-state index contributed by atoms with van der Waals surface area (Å²) in [5, 5.41) is 18.1. The number of nitrogens with one attached hydrogen (secondary N) is 2. The van der Waals surface area contributed by atoms with Crippen LogP contribution in [0.25, 0.3) is 21.9 Å². The molecule has 7 aromatic carbocycles. The minimum atomic E-state index is -0.575. The monoisotopic (exact) mass is 783 g/mol. The minimum absolute atomic E-state index is 0.00313.